The molecule has 0 bridgehead atoms. The average Bonchev–Trinajstić information content (AvgIpc) is 2.03. The third kappa shape index (κ3) is 1.39. The van der Waals surface area contributed by atoms with Crippen molar-refractivity contribution in [2.45, 2.75) is 6.92 Å². The highest BCUT2D eigenvalue weighted by Crippen LogP contribution is 2.02. The Kier molecular flexibility index (Phi) is 2.32. The van der Waals surface area contributed by atoms with Gasteiger partial charge in [0, 0.05) is 5.22 Å². The summed E-state index contributed by atoms with van der Waals surface area (Å²) in [6, 6.07) is 5.91. The van der Waals surface area contributed by atoms with E-state index in [1.54, 1.807) is 0 Å². The molecule has 0 saturated carbocycles. The van der Waals surface area contributed by atoms with E-state index in [4.69, 9.17) is 0 Å². The Morgan fingerprint density at radius 3 is 2.50 bits per heavy atom. The molecule has 0 aliphatic heterocycles. The van der Waals surface area contributed by atoms with Crippen LogP contribution >= 0.6 is 0 Å². The van der Waals surface area contributed by atoms with Crippen molar-refractivity contribution in [1.29, 1.82) is 0 Å². The van der Waals surface area contributed by atoms with Gasteiger partial charge in [-0.25, -0.2) is 0 Å². The molecular formula is C12H12. The third-order valence-corrected chi connectivity index (χ3v) is 1.79. The second-order valence-electron chi connectivity index (χ2n) is 2.80. The first-order valence-corrected chi connectivity index (χ1v) is 3.80. The molecule has 0 heteroatoms. The molecule has 12 heavy (non-hydrogen) atoms. The van der Waals surface area contributed by atoms with Crippen LogP contribution in [0.15, 0.2) is 31.4 Å². The van der Waals surface area contributed by atoms with Gasteiger partial charge in [-0.05, 0) is 23.3 Å². The van der Waals surface area contributed by atoms with Crippen LogP contribution in [0.25, 0.3) is 17.9 Å². The Morgan fingerprint density at radius 1 is 1.42 bits per heavy atom. The van der Waals surface area contributed by atoms with Crippen molar-refractivity contribution in [2.75, 3.05) is 0 Å². The van der Waals surface area contributed by atoms with E-state index < -0.39 is 0 Å². The van der Waals surface area contributed by atoms with Gasteiger partial charge in [0.05, 0.1) is 0 Å². The SMILES string of the molecule is C=C=c1c(C(=C)C)cccc1=C. The first-order chi connectivity index (χ1) is 5.66. The van der Waals surface area contributed by atoms with E-state index in [-0.39, 0.29) is 0 Å². The largest absolute Gasteiger partial charge is 0.120 e. The van der Waals surface area contributed by atoms with E-state index in [2.05, 4.69) is 25.5 Å². The zero-order chi connectivity index (χ0) is 9.14. The van der Waals surface area contributed by atoms with Gasteiger partial charge in [-0.2, -0.15) is 0 Å². The van der Waals surface area contributed by atoms with Gasteiger partial charge < -0.3 is 0 Å². The van der Waals surface area contributed by atoms with E-state index in [0.29, 0.717) is 0 Å². The molecule has 0 radical (unpaired) electrons. The van der Waals surface area contributed by atoms with Crippen LogP contribution in [0, 0.1) is 0 Å². The van der Waals surface area contributed by atoms with Gasteiger partial charge in [-0.1, -0.05) is 37.9 Å². The quantitative estimate of drug-likeness (QED) is 0.580. The summed E-state index contributed by atoms with van der Waals surface area (Å²) in [5.74, 6) is 0. The van der Waals surface area contributed by atoms with Crippen LogP contribution in [0.1, 0.15) is 12.5 Å². The maximum atomic E-state index is 3.89. The highest BCUT2D eigenvalue weighted by atomic mass is 14.0. The summed E-state index contributed by atoms with van der Waals surface area (Å²) in [6.07, 6.45) is 0. The molecule has 0 saturated heterocycles. The van der Waals surface area contributed by atoms with Crippen molar-refractivity contribution < 1.29 is 0 Å². The summed E-state index contributed by atoms with van der Waals surface area (Å²) in [6.45, 7) is 13.4. The van der Waals surface area contributed by atoms with Crippen LogP contribution in [0.2, 0.25) is 0 Å². The third-order valence-electron chi connectivity index (χ3n) is 1.79. The predicted octanol–water partition coefficient (Wildman–Crippen LogP) is 1.70. The molecule has 0 aliphatic rings. The van der Waals surface area contributed by atoms with Crippen molar-refractivity contribution in [3.63, 3.8) is 0 Å². The van der Waals surface area contributed by atoms with Crippen molar-refractivity contribution >= 4 is 17.9 Å². The average molecular weight is 156 g/mol. The smallest absolute Gasteiger partial charge is 0.0299 e. The van der Waals surface area contributed by atoms with E-state index in [1.807, 2.05) is 25.1 Å². The van der Waals surface area contributed by atoms with Crippen LogP contribution < -0.4 is 10.4 Å². The fourth-order valence-corrected chi connectivity index (χ4v) is 1.16. The molecule has 0 nitrogen and oxygen atoms in total. The first-order valence-electron chi connectivity index (χ1n) is 3.80. The summed E-state index contributed by atoms with van der Waals surface area (Å²) in [7, 11) is 0. The van der Waals surface area contributed by atoms with Crippen LogP contribution in [0.4, 0.5) is 0 Å². The minimum absolute atomic E-state index is 0.950. The second-order valence-corrected chi connectivity index (χ2v) is 2.80. The second kappa shape index (κ2) is 3.25. The molecule has 0 aliphatic carbocycles. The standard InChI is InChI=1S/C12H12/c1-5-11-10(4)7-6-8-12(11)9(2)3/h6-8H,1-2,4H2,3H3. The molecule has 0 N–H and O–H groups in total. The van der Waals surface area contributed by atoms with Crippen LogP contribution in [-0.4, -0.2) is 0 Å². The normalized spacial score (nSPS) is 9.08. The molecule has 0 spiro atoms. The molecule has 0 unspecified atom stereocenters. The van der Waals surface area contributed by atoms with Crippen molar-refractivity contribution in [1.82, 2.24) is 0 Å². The maximum absolute atomic E-state index is 3.89. The Balaban J connectivity index is 3.74. The number of allylic oxidation sites excluding steroid dienone is 1. The van der Waals surface area contributed by atoms with E-state index >= 15 is 0 Å². The molecule has 1 aromatic carbocycles. The van der Waals surface area contributed by atoms with E-state index in [9.17, 15) is 0 Å². The molecule has 60 valence electrons. The number of hydrogen-bond donors (Lipinski definition) is 0. The molecule has 1 rings (SSSR count). The summed E-state index contributed by atoms with van der Waals surface area (Å²) >= 11 is 0. The minimum Gasteiger partial charge on any atom is -0.120 e. The first kappa shape index (κ1) is 8.58. The van der Waals surface area contributed by atoms with Crippen LogP contribution in [0.3, 0.4) is 0 Å². The molecule has 0 amide bonds. The maximum Gasteiger partial charge on any atom is 0.0299 e. The molecule has 0 fully saturated rings. The van der Waals surface area contributed by atoms with Gasteiger partial charge in [0.15, 0.2) is 0 Å². The molecule has 0 aromatic heterocycles. The Hall–Kier alpha value is -1.52. The van der Waals surface area contributed by atoms with Crippen molar-refractivity contribution in [3.05, 3.63) is 47.4 Å². The van der Waals surface area contributed by atoms with Crippen molar-refractivity contribution in [3.8, 4) is 0 Å². The van der Waals surface area contributed by atoms with Gasteiger partial charge in [-0.15, -0.1) is 5.73 Å². The molecule has 0 heterocycles. The Morgan fingerprint density at radius 2 is 2.08 bits per heavy atom. The zero-order valence-electron chi connectivity index (χ0n) is 7.35. The molecular weight excluding hydrogens is 144 g/mol. The number of rotatable bonds is 1. The summed E-state index contributed by atoms with van der Waals surface area (Å²) in [4.78, 5) is 0. The monoisotopic (exact) mass is 156 g/mol. The molecule has 1 aromatic rings. The fraction of sp³-hybridized carbons (Fsp3) is 0.0833. The zero-order valence-corrected chi connectivity index (χ0v) is 7.35. The van der Waals surface area contributed by atoms with Gasteiger partial charge in [0.2, 0.25) is 0 Å². The summed E-state index contributed by atoms with van der Waals surface area (Å²) < 4.78 is 0. The Labute approximate surface area is 72.9 Å². The van der Waals surface area contributed by atoms with Crippen LogP contribution in [-0.2, 0) is 0 Å². The van der Waals surface area contributed by atoms with E-state index in [0.717, 1.165) is 21.6 Å². The number of benzene rings is 1. The van der Waals surface area contributed by atoms with Gasteiger partial charge in [-0.3, -0.25) is 0 Å². The summed E-state index contributed by atoms with van der Waals surface area (Å²) in [5.41, 5.74) is 4.97. The number of hydrogen-bond acceptors (Lipinski definition) is 0. The van der Waals surface area contributed by atoms with Gasteiger partial charge in [0.25, 0.3) is 0 Å². The Bertz CT molecular complexity index is 432. The van der Waals surface area contributed by atoms with Crippen molar-refractivity contribution in [2.24, 2.45) is 0 Å². The van der Waals surface area contributed by atoms with E-state index in [1.165, 1.54) is 0 Å². The lowest BCUT2D eigenvalue weighted by atomic mass is 10.1. The lowest BCUT2D eigenvalue weighted by Gasteiger charge is -1.98. The lowest BCUT2D eigenvalue weighted by Crippen LogP contribution is -2.24. The predicted molar refractivity (Wildman–Crippen MR) is 55.0 cm³/mol. The fourth-order valence-electron chi connectivity index (χ4n) is 1.16. The topological polar surface area (TPSA) is 0 Å². The van der Waals surface area contributed by atoms with Gasteiger partial charge in [0.1, 0.15) is 0 Å². The molecule has 0 atom stereocenters. The highest BCUT2D eigenvalue weighted by molar-refractivity contribution is 5.62. The van der Waals surface area contributed by atoms with Gasteiger partial charge >= 0.3 is 0 Å². The minimum atomic E-state index is 0.950. The van der Waals surface area contributed by atoms with Crippen LogP contribution in [0.5, 0.6) is 0 Å². The lowest BCUT2D eigenvalue weighted by molar-refractivity contribution is 1.46. The highest BCUT2D eigenvalue weighted by Gasteiger charge is 1.93. The summed E-state index contributed by atoms with van der Waals surface area (Å²) in [5, 5.41) is 1.91.